The van der Waals surface area contributed by atoms with Crippen molar-refractivity contribution in [1.82, 2.24) is 0 Å². The Balaban J connectivity index is 2.54. The lowest BCUT2D eigenvalue weighted by molar-refractivity contribution is -0.00467. The molecule has 0 spiro atoms. The molecule has 3 unspecified atom stereocenters. The van der Waals surface area contributed by atoms with Gasteiger partial charge in [0, 0.05) is 0 Å². The van der Waals surface area contributed by atoms with Crippen LogP contribution in [-0.4, -0.2) is 17.3 Å². The van der Waals surface area contributed by atoms with E-state index in [1.165, 1.54) is 0 Å². The van der Waals surface area contributed by atoms with Gasteiger partial charge in [-0.15, -0.1) is 0 Å². The molecule has 66 valence electrons. The summed E-state index contributed by atoms with van der Waals surface area (Å²) in [6.45, 7) is 4.84. The zero-order valence-electron chi connectivity index (χ0n) is 7.51. The first kappa shape index (κ1) is 9.01. The second-order valence-corrected chi connectivity index (χ2v) is 4.09. The molecule has 0 aliphatic heterocycles. The molecule has 0 heterocycles. The van der Waals surface area contributed by atoms with E-state index in [-0.39, 0.29) is 5.92 Å². The van der Waals surface area contributed by atoms with Gasteiger partial charge in [0.15, 0.2) is 0 Å². The monoisotopic (exact) mass is 157 g/mol. The Morgan fingerprint density at radius 2 is 2.36 bits per heavy atom. The molecule has 0 amide bonds. The third-order valence-electron chi connectivity index (χ3n) is 3.04. The van der Waals surface area contributed by atoms with Crippen molar-refractivity contribution >= 4 is 0 Å². The normalized spacial score (nSPS) is 40.9. The first-order valence-corrected chi connectivity index (χ1v) is 4.51. The molecule has 0 aromatic rings. The van der Waals surface area contributed by atoms with Gasteiger partial charge < -0.3 is 10.8 Å². The molecule has 0 saturated heterocycles. The van der Waals surface area contributed by atoms with E-state index in [1.807, 2.05) is 6.92 Å². The fourth-order valence-electron chi connectivity index (χ4n) is 1.97. The van der Waals surface area contributed by atoms with E-state index in [0.29, 0.717) is 12.5 Å². The van der Waals surface area contributed by atoms with Gasteiger partial charge in [0.1, 0.15) is 0 Å². The maximum Gasteiger partial charge on any atom is 0.0687 e. The van der Waals surface area contributed by atoms with Gasteiger partial charge in [-0.25, -0.2) is 0 Å². The van der Waals surface area contributed by atoms with Crippen LogP contribution in [-0.2, 0) is 0 Å². The summed E-state index contributed by atoms with van der Waals surface area (Å²) in [6, 6.07) is 0. The highest BCUT2D eigenvalue weighted by Gasteiger charge is 2.39. The largest absolute Gasteiger partial charge is 0.390 e. The summed E-state index contributed by atoms with van der Waals surface area (Å²) in [7, 11) is 0. The second-order valence-electron chi connectivity index (χ2n) is 4.09. The Bertz CT molecular complexity index is 138. The molecule has 11 heavy (non-hydrogen) atoms. The Hall–Kier alpha value is -0.0800. The molecule has 0 aromatic heterocycles. The summed E-state index contributed by atoms with van der Waals surface area (Å²) >= 11 is 0. The first-order chi connectivity index (χ1) is 5.08. The number of hydrogen-bond donors (Lipinski definition) is 2. The quantitative estimate of drug-likeness (QED) is 0.631. The van der Waals surface area contributed by atoms with E-state index in [4.69, 9.17) is 5.73 Å². The fraction of sp³-hybridized carbons (Fsp3) is 1.00. The van der Waals surface area contributed by atoms with Crippen LogP contribution in [0, 0.1) is 11.8 Å². The van der Waals surface area contributed by atoms with Crippen molar-refractivity contribution in [3.8, 4) is 0 Å². The van der Waals surface area contributed by atoms with Crippen molar-refractivity contribution < 1.29 is 5.11 Å². The Labute approximate surface area is 68.8 Å². The molecule has 0 radical (unpaired) electrons. The topological polar surface area (TPSA) is 46.2 Å². The summed E-state index contributed by atoms with van der Waals surface area (Å²) in [5.41, 5.74) is 5.07. The van der Waals surface area contributed by atoms with Crippen molar-refractivity contribution in [2.45, 2.75) is 38.7 Å². The summed E-state index contributed by atoms with van der Waals surface area (Å²) in [4.78, 5) is 0. The molecule has 0 aromatic carbocycles. The van der Waals surface area contributed by atoms with Crippen molar-refractivity contribution in [3.05, 3.63) is 0 Å². The molecule has 1 saturated carbocycles. The van der Waals surface area contributed by atoms with Crippen LogP contribution in [0.15, 0.2) is 0 Å². The molecular weight excluding hydrogens is 138 g/mol. The maximum atomic E-state index is 10.1. The smallest absolute Gasteiger partial charge is 0.0687 e. The molecular formula is C9H19NO. The van der Waals surface area contributed by atoms with Gasteiger partial charge in [-0.1, -0.05) is 13.8 Å². The number of hydrogen-bond acceptors (Lipinski definition) is 2. The fourth-order valence-corrected chi connectivity index (χ4v) is 1.97. The maximum absolute atomic E-state index is 10.1. The highest BCUT2D eigenvalue weighted by atomic mass is 16.3. The van der Waals surface area contributed by atoms with E-state index >= 15 is 0 Å². The molecule has 0 bridgehead atoms. The van der Waals surface area contributed by atoms with E-state index in [9.17, 15) is 5.11 Å². The van der Waals surface area contributed by atoms with Crippen molar-refractivity contribution in [2.75, 3.05) is 6.54 Å². The first-order valence-electron chi connectivity index (χ1n) is 4.51. The van der Waals surface area contributed by atoms with Crippen LogP contribution in [0.1, 0.15) is 33.1 Å². The lowest BCUT2D eigenvalue weighted by Crippen LogP contribution is -2.37. The van der Waals surface area contributed by atoms with Gasteiger partial charge in [-0.2, -0.15) is 0 Å². The molecule has 1 rings (SSSR count). The average Bonchev–Trinajstić information content (AvgIpc) is 2.31. The summed E-state index contributed by atoms with van der Waals surface area (Å²) in [6.07, 6.45) is 3.03. The Morgan fingerprint density at radius 3 is 2.73 bits per heavy atom. The number of nitrogens with two attached hydrogens (primary N) is 1. The molecule has 2 nitrogen and oxygen atoms in total. The van der Waals surface area contributed by atoms with Crippen molar-refractivity contribution in [1.29, 1.82) is 0 Å². The average molecular weight is 157 g/mol. The van der Waals surface area contributed by atoms with Gasteiger partial charge in [-0.05, 0) is 37.6 Å². The summed E-state index contributed by atoms with van der Waals surface area (Å²) in [5.74, 6) is 0.932. The number of rotatable bonds is 2. The summed E-state index contributed by atoms with van der Waals surface area (Å²) < 4.78 is 0. The van der Waals surface area contributed by atoms with Crippen LogP contribution in [0.3, 0.4) is 0 Å². The van der Waals surface area contributed by atoms with E-state index in [1.54, 1.807) is 0 Å². The SMILES string of the molecule is CC1CCC(O)(C(C)CN)C1. The third-order valence-corrected chi connectivity index (χ3v) is 3.04. The van der Waals surface area contributed by atoms with Crippen LogP contribution in [0.2, 0.25) is 0 Å². The Morgan fingerprint density at radius 1 is 1.73 bits per heavy atom. The van der Waals surface area contributed by atoms with E-state index < -0.39 is 5.60 Å². The minimum Gasteiger partial charge on any atom is -0.390 e. The highest BCUT2D eigenvalue weighted by molar-refractivity contribution is 4.91. The highest BCUT2D eigenvalue weighted by Crippen LogP contribution is 2.38. The van der Waals surface area contributed by atoms with E-state index in [2.05, 4.69) is 6.92 Å². The molecule has 1 fully saturated rings. The molecule has 1 aliphatic carbocycles. The predicted octanol–water partition coefficient (Wildman–Crippen LogP) is 1.13. The zero-order valence-corrected chi connectivity index (χ0v) is 7.51. The molecule has 3 N–H and O–H groups in total. The third kappa shape index (κ3) is 1.74. The minimum absolute atomic E-state index is 0.257. The van der Waals surface area contributed by atoms with Gasteiger partial charge >= 0.3 is 0 Å². The van der Waals surface area contributed by atoms with Crippen LogP contribution in [0.25, 0.3) is 0 Å². The van der Waals surface area contributed by atoms with E-state index in [0.717, 1.165) is 19.3 Å². The van der Waals surface area contributed by atoms with Crippen molar-refractivity contribution in [2.24, 2.45) is 17.6 Å². The predicted molar refractivity (Wildman–Crippen MR) is 46.2 cm³/mol. The standard InChI is InChI=1S/C9H19NO/c1-7-3-4-9(11,5-7)8(2)6-10/h7-8,11H,3-6,10H2,1-2H3. The van der Waals surface area contributed by atoms with Gasteiger partial charge in [0.05, 0.1) is 5.60 Å². The van der Waals surface area contributed by atoms with Crippen LogP contribution < -0.4 is 5.73 Å². The second kappa shape index (κ2) is 3.11. The van der Waals surface area contributed by atoms with Gasteiger partial charge in [-0.3, -0.25) is 0 Å². The summed E-state index contributed by atoms with van der Waals surface area (Å²) in [5, 5.41) is 10.1. The lowest BCUT2D eigenvalue weighted by atomic mass is 9.87. The lowest BCUT2D eigenvalue weighted by Gasteiger charge is -2.28. The Kier molecular flexibility index (Phi) is 2.55. The molecule has 3 atom stereocenters. The van der Waals surface area contributed by atoms with Crippen LogP contribution in [0.4, 0.5) is 0 Å². The molecule has 2 heteroatoms. The number of aliphatic hydroxyl groups is 1. The minimum atomic E-state index is -0.450. The molecule has 1 aliphatic rings. The van der Waals surface area contributed by atoms with Gasteiger partial charge in [0.2, 0.25) is 0 Å². The zero-order chi connectivity index (χ0) is 8.48. The van der Waals surface area contributed by atoms with Crippen LogP contribution in [0.5, 0.6) is 0 Å². The van der Waals surface area contributed by atoms with Crippen LogP contribution >= 0.6 is 0 Å². The van der Waals surface area contributed by atoms with Gasteiger partial charge in [0.25, 0.3) is 0 Å². The van der Waals surface area contributed by atoms with Crippen molar-refractivity contribution in [3.63, 3.8) is 0 Å².